The summed E-state index contributed by atoms with van der Waals surface area (Å²) in [4.78, 5) is 31.0. The number of carboxylic acid groups (broad SMARTS) is 1. The minimum absolute atomic E-state index is 0.0271. The lowest BCUT2D eigenvalue weighted by Crippen LogP contribution is -2.14. The van der Waals surface area contributed by atoms with Gasteiger partial charge in [-0.25, -0.2) is 19.3 Å². The zero-order chi connectivity index (χ0) is 17.3. The van der Waals surface area contributed by atoms with Gasteiger partial charge in [0, 0.05) is 17.6 Å². The standard InChI is InChI=1S/C14H15N7O3/c1-8(2)21-12-9(5-17-21)3-10(4-15-12)13(24)18-14-16-7-20(19-14)6-11(22)23/h3-5,7-8H,6H2,1-2H3,(H,22,23)(H,18,19,24). The van der Waals surface area contributed by atoms with Gasteiger partial charge in [-0.2, -0.15) is 5.10 Å². The van der Waals surface area contributed by atoms with Crippen LogP contribution in [0.25, 0.3) is 11.0 Å². The zero-order valence-electron chi connectivity index (χ0n) is 13.0. The highest BCUT2D eigenvalue weighted by molar-refractivity contribution is 6.04. The number of hydrogen-bond donors (Lipinski definition) is 2. The first kappa shape index (κ1) is 15.6. The number of aliphatic carboxylic acids is 1. The van der Waals surface area contributed by atoms with Gasteiger partial charge in [-0.15, -0.1) is 5.10 Å². The van der Waals surface area contributed by atoms with E-state index in [0.29, 0.717) is 11.2 Å². The third kappa shape index (κ3) is 3.07. The number of carbonyl (C=O) groups is 2. The van der Waals surface area contributed by atoms with Crippen molar-refractivity contribution in [3.8, 4) is 0 Å². The summed E-state index contributed by atoms with van der Waals surface area (Å²) in [6.07, 6.45) is 4.34. The van der Waals surface area contributed by atoms with Gasteiger partial charge in [-0.1, -0.05) is 0 Å². The fourth-order valence-electron chi connectivity index (χ4n) is 2.18. The van der Waals surface area contributed by atoms with Gasteiger partial charge < -0.3 is 5.11 Å². The summed E-state index contributed by atoms with van der Waals surface area (Å²) in [5.41, 5.74) is 1.03. The number of anilines is 1. The molecule has 2 N–H and O–H groups in total. The van der Waals surface area contributed by atoms with E-state index in [-0.39, 0.29) is 18.5 Å². The van der Waals surface area contributed by atoms with Crippen LogP contribution in [0.3, 0.4) is 0 Å². The molecule has 1 amide bonds. The summed E-state index contributed by atoms with van der Waals surface area (Å²) in [5.74, 6) is -1.46. The summed E-state index contributed by atoms with van der Waals surface area (Å²) in [6, 6.07) is 1.84. The highest BCUT2D eigenvalue weighted by Gasteiger charge is 2.13. The number of carboxylic acids is 1. The summed E-state index contributed by atoms with van der Waals surface area (Å²) < 4.78 is 2.89. The molecule has 0 saturated heterocycles. The zero-order valence-corrected chi connectivity index (χ0v) is 13.0. The summed E-state index contributed by atoms with van der Waals surface area (Å²) >= 11 is 0. The summed E-state index contributed by atoms with van der Waals surface area (Å²) in [7, 11) is 0. The predicted octanol–water partition coefficient (Wildman–Crippen LogP) is 0.941. The molecule has 0 aromatic carbocycles. The molecule has 0 bridgehead atoms. The fourth-order valence-corrected chi connectivity index (χ4v) is 2.18. The average Bonchev–Trinajstić information content (AvgIpc) is 3.12. The van der Waals surface area contributed by atoms with Crippen LogP contribution in [-0.2, 0) is 11.3 Å². The van der Waals surface area contributed by atoms with Crippen LogP contribution < -0.4 is 5.32 Å². The van der Waals surface area contributed by atoms with E-state index in [2.05, 4.69) is 25.5 Å². The lowest BCUT2D eigenvalue weighted by molar-refractivity contribution is -0.137. The lowest BCUT2D eigenvalue weighted by atomic mass is 10.2. The van der Waals surface area contributed by atoms with Gasteiger partial charge in [-0.05, 0) is 19.9 Å². The molecule has 0 radical (unpaired) electrons. The Morgan fingerprint density at radius 1 is 1.29 bits per heavy atom. The smallest absolute Gasteiger partial charge is 0.325 e. The predicted molar refractivity (Wildman–Crippen MR) is 83.5 cm³/mol. The number of carbonyl (C=O) groups excluding carboxylic acids is 1. The molecule has 0 aliphatic carbocycles. The van der Waals surface area contributed by atoms with Gasteiger partial charge in [0.2, 0.25) is 5.95 Å². The van der Waals surface area contributed by atoms with Crippen LogP contribution in [0.4, 0.5) is 5.95 Å². The molecule has 124 valence electrons. The van der Waals surface area contributed by atoms with Crippen molar-refractivity contribution in [1.82, 2.24) is 29.5 Å². The van der Waals surface area contributed by atoms with E-state index in [1.165, 1.54) is 12.5 Å². The SMILES string of the molecule is CC(C)n1ncc2cc(C(=O)Nc3ncn(CC(=O)O)n3)cnc21. The second-order valence-electron chi connectivity index (χ2n) is 5.43. The van der Waals surface area contributed by atoms with Gasteiger partial charge in [0.15, 0.2) is 5.65 Å². The van der Waals surface area contributed by atoms with E-state index < -0.39 is 11.9 Å². The molecule has 0 unspecified atom stereocenters. The molecule has 3 aromatic rings. The van der Waals surface area contributed by atoms with Crippen molar-refractivity contribution in [3.63, 3.8) is 0 Å². The van der Waals surface area contributed by atoms with Crippen LogP contribution in [-0.4, -0.2) is 46.5 Å². The third-order valence-electron chi connectivity index (χ3n) is 3.24. The molecule has 3 aromatic heterocycles. The Morgan fingerprint density at radius 3 is 2.79 bits per heavy atom. The number of rotatable bonds is 5. The maximum absolute atomic E-state index is 12.2. The Bertz CT molecular complexity index is 912. The first-order valence-corrected chi connectivity index (χ1v) is 7.20. The maximum atomic E-state index is 12.2. The van der Waals surface area contributed by atoms with E-state index in [4.69, 9.17) is 5.11 Å². The normalized spacial score (nSPS) is 11.1. The summed E-state index contributed by atoms with van der Waals surface area (Å²) in [5, 5.41) is 20.1. The molecule has 10 heteroatoms. The van der Waals surface area contributed by atoms with Crippen molar-refractivity contribution in [2.24, 2.45) is 0 Å². The molecule has 24 heavy (non-hydrogen) atoms. The minimum Gasteiger partial charge on any atom is -0.480 e. The van der Waals surface area contributed by atoms with Crippen LogP contribution in [0.5, 0.6) is 0 Å². The maximum Gasteiger partial charge on any atom is 0.325 e. The van der Waals surface area contributed by atoms with E-state index >= 15 is 0 Å². The number of hydrogen-bond acceptors (Lipinski definition) is 6. The highest BCUT2D eigenvalue weighted by Crippen LogP contribution is 2.17. The van der Waals surface area contributed by atoms with Crippen molar-refractivity contribution in [2.75, 3.05) is 5.32 Å². The Balaban J connectivity index is 1.78. The molecule has 0 fully saturated rings. The van der Waals surface area contributed by atoms with Crippen molar-refractivity contribution >= 4 is 28.9 Å². The van der Waals surface area contributed by atoms with Crippen LogP contribution >= 0.6 is 0 Å². The number of amides is 1. The van der Waals surface area contributed by atoms with Crippen LogP contribution in [0.2, 0.25) is 0 Å². The molecule has 0 aliphatic heterocycles. The fraction of sp³-hybridized carbons (Fsp3) is 0.286. The van der Waals surface area contributed by atoms with Gasteiger partial charge >= 0.3 is 5.97 Å². The number of nitrogens with one attached hydrogen (secondary N) is 1. The largest absolute Gasteiger partial charge is 0.480 e. The van der Waals surface area contributed by atoms with Crippen molar-refractivity contribution in [3.05, 3.63) is 30.4 Å². The first-order valence-electron chi connectivity index (χ1n) is 7.20. The second-order valence-corrected chi connectivity index (χ2v) is 5.43. The first-order chi connectivity index (χ1) is 11.4. The Morgan fingerprint density at radius 2 is 2.08 bits per heavy atom. The van der Waals surface area contributed by atoms with Crippen LogP contribution in [0.15, 0.2) is 24.8 Å². The molecule has 10 nitrogen and oxygen atoms in total. The quantitative estimate of drug-likeness (QED) is 0.713. The number of pyridine rings is 1. The topological polar surface area (TPSA) is 128 Å². The Hall–Kier alpha value is -3.30. The van der Waals surface area contributed by atoms with E-state index in [0.717, 1.165) is 10.1 Å². The Labute approximate surface area is 136 Å². The molecular formula is C14H15N7O3. The van der Waals surface area contributed by atoms with E-state index in [1.54, 1.807) is 16.9 Å². The summed E-state index contributed by atoms with van der Waals surface area (Å²) in [6.45, 7) is 3.66. The highest BCUT2D eigenvalue weighted by atomic mass is 16.4. The molecule has 3 rings (SSSR count). The molecular weight excluding hydrogens is 314 g/mol. The molecule has 3 heterocycles. The van der Waals surface area contributed by atoms with E-state index in [1.807, 2.05) is 13.8 Å². The lowest BCUT2D eigenvalue weighted by Gasteiger charge is -2.06. The number of aromatic nitrogens is 6. The minimum atomic E-state index is -1.05. The molecule has 0 saturated carbocycles. The van der Waals surface area contributed by atoms with Crippen LogP contribution in [0, 0.1) is 0 Å². The number of fused-ring (bicyclic) bond motifs is 1. The average molecular weight is 329 g/mol. The van der Waals surface area contributed by atoms with Gasteiger partial charge in [0.25, 0.3) is 5.91 Å². The molecule has 0 atom stereocenters. The molecule has 0 spiro atoms. The second kappa shape index (κ2) is 6.07. The van der Waals surface area contributed by atoms with E-state index in [9.17, 15) is 9.59 Å². The third-order valence-corrected chi connectivity index (χ3v) is 3.24. The van der Waals surface area contributed by atoms with Crippen molar-refractivity contribution in [1.29, 1.82) is 0 Å². The van der Waals surface area contributed by atoms with Gasteiger partial charge in [-0.3, -0.25) is 14.9 Å². The van der Waals surface area contributed by atoms with Crippen molar-refractivity contribution < 1.29 is 14.7 Å². The van der Waals surface area contributed by atoms with Gasteiger partial charge in [0.05, 0.1) is 11.8 Å². The Kier molecular flexibility index (Phi) is 3.94. The molecule has 0 aliphatic rings. The monoisotopic (exact) mass is 329 g/mol. The van der Waals surface area contributed by atoms with Gasteiger partial charge in [0.1, 0.15) is 12.9 Å². The van der Waals surface area contributed by atoms with Crippen LogP contribution in [0.1, 0.15) is 30.2 Å². The number of nitrogens with zero attached hydrogens (tertiary/aromatic N) is 6. The van der Waals surface area contributed by atoms with Crippen molar-refractivity contribution in [2.45, 2.75) is 26.4 Å².